The van der Waals surface area contributed by atoms with Crippen molar-refractivity contribution in [2.24, 2.45) is 0 Å². The van der Waals surface area contributed by atoms with E-state index in [1.807, 2.05) is 0 Å². The van der Waals surface area contributed by atoms with Crippen molar-refractivity contribution in [2.45, 2.75) is 19.3 Å². The van der Waals surface area contributed by atoms with Crippen LogP contribution < -0.4 is 0 Å². The minimum atomic E-state index is -0.0281. The van der Waals surface area contributed by atoms with Crippen LogP contribution >= 0.6 is 0 Å². The van der Waals surface area contributed by atoms with Crippen LogP contribution in [0.1, 0.15) is 25.0 Å². The number of hydrogen-bond acceptors (Lipinski definition) is 0. The zero-order chi connectivity index (χ0) is 27.6. The van der Waals surface area contributed by atoms with Gasteiger partial charge in [0, 0.05) is 5.41 Å². The van der Waals surface area contributed by atoms with Gasteiger partial charge in [-0.2, -0.15) is 0 Å². The fraction of sp³-hybridized carbons (Fsp3) is 0.0732. The molecule has 0 fully saturated rings. The Morgan fingerprint density at radius 1 is 0.341 bits per heavy atom. The Bertz CT molecular complexity index is 2100. The van der Waals surface area contributed by atoms with E-state index in [4.69, 9.17) is 0 Å². The van der Waals surface area contributed by atoms with Crippen LogP contribution in [0.2, 0.25) is 0 Å². The van der Waals surface area contributed by atoms with E-state index in [1.165, 1.54) is 77.2 Å². The fourth-order valence-corrected chi connectivity index (χ4v) is 6.88. The molecular formula is C41H30. The lowest BCUT2D eigenvalue weighted by molar-refractivity contribution is 0.660. The van der Waals surface area contributed by atoms with Gasteiger partial charge < -0.3 is 0 Å². The summed E-state index contributed by atoms with van der Waals surface area (Å²) in [5.74, 6) is 0. The zero-order valence-corrected chi connectivity index (χ0v) is 23.4. The fourth-order valence-electron chi connectivity index (χ4n) is 6.88. The number of fused-ring (bicyclic) bond motifs is 6. The zero-order valence-electron chi connectivity index (χ0n) is 23.4. The highest BCUT2D eigenvalue weighted by Crippen LogP contribution is 2.50. The second-order valence-corrected chi connectivity index (χ2v) is 11.8. The van der Waals surface area contributed by atoms with Crippen LogP contribution in [0.4, 0.5) is 0 Å². The van der Waals surface area contributed by atoms with Crippen molar-refractivity contribution in [3.05, 3.63) is 157 Å². The molecule has 7 aromatic carbocycles. The standard InChI is InChI=1S/C41H30/c1-41(2)39-16-10-9-15-34(39)35-22-20-32(26-40(35)41)36-25-31-18-17-29(27-11-5-3-6-12-27)23-37(31)38-24-30(19-21-33(36)38)28-13-7-4-8-14-28/h3-26H,1-2H3. The third kappa shape index (κ3) is 3.75. The lowest BCUT2D eigenvalue weighted by Crippen LogP contribution is -2.14. The van der Waals surface area contributed by atoms with Crippen LogP contribution in [0, 0.1) is 0 Å². The van der Waals surface area contributed by atoms with E-state index < -0.39 is 0 Å². The molecule has 0 aromatic heterocycles. The summed E-state index contributed by atoms with van der Waals surface area (Å²) in [5.41, 5.74) is 13.0. The predicted octanol–water partition coefficient (Wildman–Crippen LogP) is 11.3. The molecule has 7 aromatic rings. The minimum absolute atomic E-state index is 0.0281. The quantitative estimate of drug-likeness (QED) is 0.202. The Morgan fingerprint density at radius 2 is 0.927 bits per heavy atom. The molecule has 0 nitrogen and oxygen atoms in total. The number of benzene rings is 7. The molecule has 8 rings (SSSR count). The van der Waals surface area contributed by atoms with Crippen molar-refractivity contribution in [3.8, 4) is 44.5 Å². The first-order valence-corrected chi connectivity index (χ1v) is 14.4. The summed E-state index contributed by atoms with van der Waals surface area (Å²) in [5, 5.41) is 5.13. The maximum Gasteiger partial charge on any atom is 0.0159 e. The Kier molecular flexibility index (Phi) is 5.27. The van der Waals surface area contributed by atoms with E-state index in [0.717, 1.165) is 0 Å². The molecule has 1 aliphatic carbocycles. The SMILES string of the molecule is CC1(C)c2ccccc2-c2ccc(-c3cc4ccc(-c5ccccc5)cc4c4cc(-c5ccccc5)ccc34)cc21. The summed E-state index contributed by atoms with van der Waals surface area (Å²) in [4.78, 5) is 0. The average molecular weight is 523 g/mol. The van der Waals surface area contributed by atoms with Gasteiger partial charge in [0.1, 0.15) is 0 Å². The molecule has 0 amide bonds. The molecule has 0 unspecified atom stereocenters. The van der Waals surface area contributed by atoms with Crippen LogP contribution in [0.5, 0.6) is 0 Å². The van der Waals surface area contributed by atoms with Gasteiger partial charge in [0.2, 0.25) is 0 Å². The van der Waals surface area contributed by atoms with Gasteiger partial charge in [-0.15, -0.1) is 0 Å². The molecule has 0 heterocycles. The van der Waals surface area contributed by atoms with E-state index in [0.29, 0.717) is 0 Å². The first-order valence-electron chi connectivity index (χ1n) is 14.4. The largest absolute Gasteiger partial charge is 0.0622 e. The lowest BCUT2D eigenvalue weighted by Gasteiger charge is -2.22. The van der Waals surface area contributed by atoms with Gasteiger partial charge in [0.25, 0.3) is 0 Å². The second kappa shape index (κ2) is 9.04. The average Bonchev–Trinajstić information content (AvgIpc) is 3.27. The summed E-state index contributed by atoms with van der Waals surface area (Å²) >= 11 is 0. The van der Waals surface area contributed by atoms with Crippen molar-refractivity contribution in [3.63, 3.8) is 0 Å². The molecule has 0 saturated heterocycles. The molecule has 0 aliphatic heterocycles. The molecule has 0 saturated carbocycles. The summed E-state index contributed by atoms with van der Waals surface area (Å²) in [6.07, 6.45) is 0. The first kappa shape index (κ1) is 23.9. The monoisotopic (exact) mass is 522 g/mol. The number of rotatable bonds is 3. The van der Waals surface area contributed by atoms with Crippen molar-refractivity contribution in [1.82, 2.24) is 0 Å². The third-order valence-electron chi connectivity index (χ3n) is 9.06. The van der Waals surface area contributed by atoms with Crippen molar-refractivity contribution < 1.29 is 0 Å². The summed E-state index contributed by atoms with van der Waals surface area (Å²) < 4.78 is 0. The molecule has 0 radical (unpaired) electrons. The minimum Gasteiger partial charge on any atom is -0.0622 e. The maximum atomic E-state index is 2.44. The van der Waals surface area contributed by atoms with Gasteiger partial charge in [0.15, 0.2) is 0 Å². The van der Waals surface area contributed by atoms with Crippen LogP contribution in [0.15, 0.2) is 146 Å². The van der Waals surface area contributed by atoms with Crippen LogP contribution in [0.25, 0.3) is 66.1 Å². The molecule has 0 heteroatoms. The highest BCUT2D eigenvalue weighted by molar-refractivity contribution is 6.15. The maximum absolute atomic E-state index is 2.44. The molecule has 194 valence electrons. The Labute approximate surface area is 241 Å². The van der Waals surface area contributed by atoms with Gasteiger partial charge in [-0.1, -0.05) is 135 Å². The van der Waals surface area contributed by atoms with E-state index in [9.17, 15) is 0 Å². The Hall–Kier alpha value is -4.94. The highest BCUT2D eigenvalue weighted by Gasteiger charge is 2.35. The first-order chi connectivity index (χ1) is 20.1. The van der Waals surface area contributed by atoms with Crippen molar-refractivity contribution >= 4 is 21.5 Å². The van der Waals surface area contributed by atoms with Gasteiger partial charge in [-0.3, -0.25) is 0 Å². The normalized spacial score (nSPS) is 13.3. The molecule has 0 N–H and O–H groups in total. The molecule has 41 heavy (non-hydrogen) atoms. The molecule has 0 spiro atoms. The molecular weight excluding hydrogens is 492 g/mol. The van der Waals surface area contributed by atoms with Crippen LogP contribution in [-0.2, 0) is 5.41 Å². The van der Waals surface area contributed by atoms with Gasteiger partial charge in [-0.05, 0) is 101 Å². The smallest absolute Gasteiger partial charge is 0.0159 e. The lowest BCUT2D eigenvalue weighted by atomic mass is 9.81. The summed E-state index contributed by atoms with van der Waals surface area (Å²) in [7, 11) is 0. The van der Waals surface area contributed by atoms with E-state index in [1.54, 1.807) is 0 Å². The van der Waals surface area contributed by atoms with Crippen LogP contribution in [-0.4, -0.2) is 0 Å². The van der Waals surface area contributed by atoms with Gasteiger partial charge >= 0.3 is 0 Å². The van der Waals surface area contributed by atoms with Gasteiger partial charge in [-0.25, -0.2) is 0 Å². The third-order valence-corrected chi connectivity index (χ3v) is 9.06. The Balaban J connectivity index is 1.38. The molecule has 1 aliphatic rings. The molecule has 0 bridgehead atoms. The van der Waals surface area contributed by atoms with E-state index >= 15 is 0 Å². The number of hydrogen-bond donors (Lipinski definition) is 0. The van der Waals surface area contributed by atoms with Crippen molar-refractivity contribution in [2.75, 3.05) is 0 Å². The second-order valence-electron chi connectivity index (χ2n) is 11.8. The Morgan fingerprint density at radius 3 is 1.66 bits per heavy atom. The highest BCUT2D eigenvalue weighted by atomic mass is 14.4. The van der Waals surface area contributed by atoms with Gasteiger partial charge in [0.05, 0.1) is 0 Å². The summed E-state index contributed by atoms with van der Waals surface area (Å²) in [6, 6.07) is 53.7. The van der Waals surface area contributed by atoms with E-state index in [-0.39, 0.29) is 5.41 Å². The summed E-state index contributed by atoms with van der Waals surface area (Å²) in [6.45, 7) is 4.72. The molecule has 0 atom stereocenters. The predicted molar refractivity (Wildman–Crippen MR) is 175 cm³/mol. The van der Waals surface area contributed by atoms with E-state index in [2.05, 4.69) is 159 Å². The van der Waals surface area contributed by atoms with Crippen LogP contribution in [0.3, 0.4) is 0 Å². The topological polar surface area (TPSA) is 0 Å². The van der Waals surface area contributed by atoms with Crippen molar-refractivity contribution in [1.29, 1.82) is 0 Å².